The van der Waals surface area contributed by atoms with Crippen LogP contribution in [0.5, 0.6) is 0 Å². The smallest absolute Gasteiger partial charge is 0.356 e. The van der Waals surface area contributed by atoms with E-state index in [4.69, 9.17) is 4.74 Å². The van der Waals surface area contributed by atoms with Crippen molar-refractivity contribution in [3.63, 3.8) is 0 Å². The van der Waals surface area contributed by atoms with Crippen molar-refractivity contribution in [3.05, 3.63) is 48.0 Å². The van der Waals surface area contributed by atoms with Crippen LogP contribution in [0.2, 0.25) is 0 Å². The summed E-state index contributed by atoms with van der Waals surface area (Å²) in [4.78, 5) is 3.82. The molecule has 19 heavy (non-hydrogen) atoms. The number of aromatic nitrogens is 3. The number of rotatable bonds is 4. The van der Waals surface area contributed by atoms with E-state index in [1.807, 2.05) is 0 Å². The van der Waals surface area contributed by atoms with Crippen molar-refractivity contribution >= 4 is 0 Å². The van der Waals surface area contributed by atoms with E-state index in [1.54, 1.807) is 25.2 Å². The molecule has 0 amide bonds. The average Bonchev–Trinajstić information content (AvgIpc) is 2.75. The molecule has 0 fully saturated rings. The Morgan fingerprint density at radius 1 is 1.26 bits per heavy atom. The normalized spacial score (nSPS) is 13.5. The second kappa shape index (κ2) is 5.40. The van der Waals surface area contributed by atoms with Crippen molar-refractivity contribution in [3.8, 4) is 0 Å². The highest BCUT2D eigenvalue weighted by atomic mass is 19.4. The molecule has 1 aromatic carbocycles. The molecule has 0 radical (unpaired) electrons. The average molecular weight is 271 g/mol. The van der Waals surface area contributed by atoms with Gasteiger partial charge in [0.25, 0.3) is 0 Å². The molecular weight excluding hydrogens is 259 g/mol. The lowest BCUT2D eigenvalue weighted by atomic mass is 10.1. The minimum atomic E-state index is -4.47. The number of hydrogen-bond donors (Lipinski definition) is 0. The second-order valence-electron chi connectivity index (χ2n) is 3.94. The number of aryl methyl sites for hydroxylation is 1. The molecule has 1 aromatic heterocycles. The van der Waals surface area contributed by atoms with Crippen LogP contribution < -0.4 is 0 Å². The van der Waals surface area contributed by atoms with Crippen LogP contribution in [0.3, 0.4) is 0 Å². The lowest BCUT2D eigenvalue weighted by molar-refractivity contribution is -0.228. The molecule has 0 N–H and O–H groups in total. The number of ether oxygens (including phenoxy) is 1. The molecule has 0 aliphatic carbocycles. The minimum absolute atomic E-state index is 0.0668. The van der Waals surface area contributed by atoms with Crippen molar-refractivity contribution in [2.75, 3.05) is 0 Å². The summed E-state index contributed by atoms with van der Waals surface area (Å²) >= 11 is 0. The third-order valence-corrected chi connectivity index (χ3v) is 2.58. The van der Waals surface area contributed by atoms with Crippen molar-refractivity contribution in [2.24, 2.45) is 7.05 Å². The zero-order valence-electron chi connectivity index (χ0n) is 10.1. The van der Waals surface area contributed by atoms with Crippen LogP contribution >= 0.6 is 0 Å². The Morgan fingerprint density at radius 2 is 1.95 bits per heavy atom. The highest BCUT2D eigenvalue weighted by Crippen LogP contribution is 2.36. The summed E-state index contributed by atoms with van der Waals surface area (Å²) in [6.07, 6.45) is -5.17. The SMILES string of the molecule is Cn1ncnc1CO[C@H](c1ccccc1)C(F)(F)F. The van der Waals surface area contributed by atoms with Gasteiger partial charge < -0.3 is 4.74 Å². The van der Waals surface area contributed by atoms with Gasteiger partial charge in [0.15, 0.2) is 11.9 Å². The van der Waals surface area contributed by atoms with E-state index in [-0.39, 0.29) is 12.2 Å². The number of benzene rings is 1. The van der Waals surface area contributed by atoms with Gasteiger partial charge in [0.2, 0.25) is 0 Å². The third-order valence-electron chi connectivity index (χ3n) is 2.58. The number of nitrogens with zero attached hydrogens (tertiary/aromatic N) is 3. The first-order valence-corrected chi connectivity index (χ1v) is 5.54. The van der Waals surface area contributed by atoms with Gasteiger partial charge in [0.1, 0.15) is 12.9 Å². The van der Waals surface area contributed by atoms with Crippen LogP contribution in [0.15, 0.2) is 36.7 Å². The zero-order valence-corrected chi connectivity index (χ0v) is 10.1. The van der Waals surface area contributed by atoms with Gasteiger partial charge in [-0.2, -0.15) is 18.3 Å². The summed E-state index contributed by atoms with van der Waals surface area (Å²) < 4.78 is 45.2. The Kier molecular flexibility index (Phi) is 3.84. The second-order valence-corrected chi connectivity index (χ2v) is 3.94. The van der Waals surface area contributed by atoms with Crippen molar-refractivity contribution in [1.82, 2.24) is 14.8 Å². The molecule has 4 nitrogen and oxygen atoms in total. The summed E-state index contributed by atoms with van der Waals surface area (Å²) in [5.41, 5.74) is 0.0668. The molecule has 0 saturated heterocycles. The van der Waals surface area contributed by atoms with Gasteiger partial charge in [0.05, 0.1) is 0 Å². The molecule has 2 aromatic rings. The van der Waals surface area contributed by atoms with Crippen molar-refractivity contribution in [2.45, 2.75) is 18.9 Å². The molecule has 1 heterocycles. The molecule has 0 unspecified atom stereocenters. The maximum atomic E-state index is 13.0. The molecule has 7 heteroatoms. The van der Waals surface area contributed by atoms with E-state index in [1.165, 1.54) is 23.1 Å². The number of hydrogen-bond acceptors (Lipinski definition) is 3. The highest BCUT2D eigenvalue weighted by Gasteiger charge is 2.42. The maximum absolute atomic E-state index is 13.0. The van der Waals surface area contributed by atoms with Gasteiger partial charge in [-0.1, -0.05) is 30.3 Å². The fourth-order valence-corrected chi connectivity index (χ4v) is 1.62. The molecular formula is C12H12F3N3O. The van der Waals surface area contributed by atoms with E-state index in [9.17, 15) is 13.2 Å². The standard InChI is InChI=1S/C12H12F3N3O/c1-18-10(16-8-17-18)7-19-11(12(13,14)15)9-5-3-2-4-6-9/h2-6,8,11H,7H2,1H3/t11-/m1/s1. The van der Waals surface area contributed by atoms with Crippen LogP contribution in [0, 0.1) is 0 Å². The highest BCUT2D eigenvalue weighted by molar-refractivity contribution is 5.18. The summed E-state index contributed by atoms with van der Waals surface area (Å²) in [5, 5.41) is 3.77. The van der Waals surface area contributed by atoms with Crippen molar-refractivity contribution < 1.29 is 17.9 Å². The fourth-order valence-electron chi connectivity index (χ4n) is 1.62. The molecule has 0 bridgehead atoms. The fraction of sp³-hybridized carbons (Fsp3) is 0.333. The van der Waals surface area contributed by atoms with E-state index in [0.717, 1.165) is 0 Å². The first-order valence-electron chi connectivity index (χ1n) is 5.54. The summed E-state index contributed by atoms with van der Waals surface area (Å²) in [6, 6.07) is 7.50. The first-order chi connectivity index (χ1) is 8.98. The van der Waals surface area contributed by atoms with E-state index in [2.05, 4.69) is 10.1 Å². The van der Waals surface area contributed by atoms with Crippen LogP contribution in [0.25, 0.3) is 0 Å². The van der Waals surface area contributed by atoms with Crippen molar-refractivity contribution in [1.29, 1.82) is 0 Å². The third kappa shape index (κ3) is 3.31. The van der Waals surface area contributed by atoms with E-state index < -0.39 is 12.3 Å². The lowest BCUT2D eigenvalue weighted by Crippen LogP contribution is -2.24. The Bertz CT molecular complexity index is 525. The Hall–Kier alpha value is -1.89. The van der Waals surface area contributed by atoms with Gasteiger partial charge >= 0.3 is 6.18 Å². The molecule has 2 rings (SSSR count). The van der Waals surface area contributed by atoms with Crippen LogP contribution in [0.4, 0.5) is 13.2 Å². The maximum Gasteiger partial charge on any atom is 0.418 e. The topological polar surface area (TPSA) is 39.9 Å². The monoisotopic (exact) mass is 271 g/mol. The first kappa shape index (κ1) is 13.5. The Labute approximate surface area is 107 Å². The predicted molar refractivity (Wildman–Crippen MR) is 61.0 cm³/mol. The minimum Gasteiger partial charge on any atom is -0.356 e. The summed E-state index contributed by atoms with van der Waals surface area (Å²) in [5.74, 6) is 0.338. The largest absolute Gasteiger partial charge is 0.418 e. The van der Waals surface area contributed by atoms with Gasteiger partial charge in [-0.25, -0.2) is 4.98 Å². The summed E-state index contributed by atoms with van der Waals surface area (Å²) in [7, 11) is 1.59. The number of halogens is 3. The molecule has 0 aliphatic heterocycles. The molecule has 0 aliphatic rings. The summed E-state index contributed by atoms with van der Waals surface area (Å²) in [6.45, 7) is -0.254. The van der Waals surface area contributed by atoms with Gasteiger partial charge in [-0.15, -0.1) is 0 Å². The molecule has 0 spiro atoms. The Morgan fingerprint density at radius 3 is 2.47 bits per heavy atom. The van der Waals surface area contributed by atoms with E-state index in [0.29, 0.717) is 5.82 Å². The van der Waals surface area contributed by atoms with Crippen LogP contribution in [-0.4, -0.2) is 20.9 Å². The van der Waals surface area contributed by atoms with Gasteiger partial charge in [-0.05, 0) is 5.56 Å². The lowest BCUT2D eigenvalue weighted by Gasteiger charge is -2.20. The quantitative estimate of drug-likeness (QED) is 0.858. The van der Waals surface area contributed by atoms with Crippen LogP contribution in [0.1, 0.15) is 17.5 Å². The molecule has 1 atom stereocenters. The van der Waals surface area contributed by atoms with Gasteiger partial charge in [0, 0.05) is 7.05 Å². The predicted octanol–water partition coefficient (Wildman–Crippen LogP) is 2.64. The van der Waals surface area contributed by atoms with Gasteiger partial charge in [-0.3, -0.25) is 4.68 Å². The number of alkyl halides is 3. The van der Waals surface area contributed by atoms with E-state index >= 15 is 0 Å². The molecule has 102 valence electrons. The molecule has 0 saturated carbocycles. The Balaban J connectivity index is 2.14. The van der Waals surface area contributed by atoms with Crippen LogP contribution in [-0.2, 0) is 18.4 Å². The zero-order chi connectivity index (χ0) is 13.9.